The molecule has 2 N–H and O–H groups in total. The molecule has 0 spiro atoms. The van der Waals surface area contributed by atoms with Crippen molar-refractivity contribution in [3.05, 3.63) is 42.1 Å². The molecule has 1 fully saturated rings. The highest BCUT2D eigenvalue weighted by atomic mass is 32.2. The van der Waals surface area contributed by atoms with Crippen molar-refractivity contribution in [1.82, 2.24) is 20.0 Å². The van der Waals surface area contributed by atoms with E-state index in [9.17, 15) is 4.79 Å². The third-order valence-corrected chi connectivity index (χ3v) is 6.55. The highest BCUT2D eigenvalue weighted by molar-refractivity contribution is 8.01. The fraction of sp³-hybridized carbons (Fsp3) is 0.400. The molecule has 9 heteroatoms. The second-order valence-electron chi connectivity index (χ2n) is 6.97. The Morgan fingerprint density at radius 2 is 2.10 bits per heavy atom. The minimum atomic E-state index is -0.0786. The maximum Gasteiger partial charge on any atom is 0.235 e. The van der Waals surface area contributed by atoms with Crippen molar-refractivity contribution in [3.8, 4) is 5.69 Å². The number of amides is 1. The van der Waals surface area contributed by atoms with Crippen LogP contribution in [0.3, 0.4) is 0 Å². The molecule has 7 nitrogen and oxygen atoms in total. The molecule has 1 aliphatic rings. The van der Waals surface area contributed by atoms with Gasteiger partial charge in [-0.05, 0) is 31.4 Å². The van der Waals surface area contributed by atoms with Crippen LogP contribution in [0.4, 0.5) is 10.9 Å². The summed E-state index contributed by atoms with van der Waals surface area (Å²) in [7, 11) is 0. The van der Waals surface area contributed by atoms with Gasteiger partial charge in [0, 0.05) is 18.5 Å². The summed E-state index contributed by atoms with van der Waals surface area (Å²) in [6.45, 7) is 3.04. The van der Waals surface area contributed by atoms with Crippen LogP contribution in [-0.4, -0.2) is 38.2 Å². The Labute approximate surface area is 178 Å². The summed E-state index contributed by atoms with van der Waals surface area (Å²) < 4.78 is 2.60. The summed E-state index contributed by atoms with van der Waals surface area (Å²) in [5, 5.41) is 20.1. The average molecular weight is 429 g/mol. The van der Waals surface area contributed by atoms with Gasteiger partial charge < -0.3 is 10.6 Å². The van der Waals surface area contributed by atoms with Crippen molar-refractivity contribution in [3.63, 3.8) is 0 Å². The molecule has 2 heterocycles. The van der Waals surface area contributed by atoms with Gasteiger partial charge in [-0.1, -0.05) is 54.6 Å². The van der Waals surface area contributed by atoms with Crippen molar-refractivity contribution in [2.45, 2.75) is 42.9 Å². The molecule has 1 aromatic carbocycles. The molecule has 0 unspecified atom stereocenters. The van der Waals surface area contributed by atoms with E-state index in [1.165, 1.54) is 35.9 Å². The van der Waals surface area contributed by atoms with Gasteiger partial charge in [0.25, 0.3) is 0 Å². The standard InChI is InChI=1S/C20H24N6OS2/c1-2-3-11-21-19-23-24-20(29-19)28-13-18(27)22-17-12-16(14-9-10-14)25-26(17)15-7-5-4-6-8-15/h4-8,12,14H,2-3,9-11,13H2,1H3,(H,21,23)(H,22,27). The van der Waals surface area contributed by atoms with Crippen LogP contribution in [0.25, 0.3) is 5.69 Å². The van der Waals surface area contributed by atoms with E-state index in [4.69, 9.17) is 5.10 Å². The molecule has 1 saturated carbocycles. The largest absolute Gasteiger partial charge is 0.360 e. The number of unbranched alkanes of at least 4 members (excludes halogenated alkanes) is 1. The molecule has 1 amide bonds. The second-order valence-corrected chi connectivity index (χ2v) is 9.17. The van der Waals surface area contributed by atoms with Crippen LogP contribution in [0.15, 0.2) is 40.7 Å². The number of benzene rings is 1. The second kappa shape index (κ2) is 9.41. The van der Waals surface area contributed by atoms with Crippen molar-refractivity contribution in [1.29, 1.82) is 0 Å². The smallest absolute Gasteiger partial charge is 0.235 e. The molecule has 0 saturated heterocycles. The Bertz CT molecular complexity index is 951. The lowest BCUT2D eigenvalue weighted by molar-refractivity contribution is -0.113. The van der Waals surface area contributed by atoms with Gasteiger partial charge in [0.1, 0.15) is 5.82 Å². The lowest BCUT2D eigenvalue weighted by atomic mass is 10.3. The van der Waals surface area contributed by atoms with Crippen LogP contribution >= 0.6 is 23.1 Å². The first-order chi connectivity index (χ1) is 14.2. The van der Waals surface area contributed by atoms with Crippen molar-refractivity contribution in [2.24, 2.45) is 0 Å². The van der Waals surface area contributed by atoms with Gasteiger partial charge in [-0.25, -0.2) is 4.68 Å². The normalized spacial score (nSPS) is 13.4. The number of hydrogen-bond donors (Lipinski definition) is 2. The van der Waals surface area contributed by atoms with E-state index in [1.54, 1.807) is 0 Å². The van der Waals surface area contributed by atoms with Crippen molar-refractivity contribution >= 4 is 40.0 Å². The Balaban J connectivity index is 1.37. The van der Waals surface area contributed by atoms with E-state index < -0.39 is 0 Å². The molecule has 152 valence electrons. The molecular formula is C20H24N6OS2. The van der Waals surface area contributed by atoms with Crippen molar-refractivity contribution in [2.75, 3.05) is 22.9 Å². The summed E-state index contributed by atoms with van der Waals surface area (Å²) >= 11 is 2.88. The zero-order chi connectivity index (χ0) is 20.1. The van der Waals surface area contributed by atoms with E-state index in [0.717, 1.165) is 40.2 Å². The number of rotatable bonds is 10. The van der Waals surface area contributed by atoms with Gasteiger partial charge in [-0.15, -0.1) is 10.2 Å². The van der Waals surface area contributed by atoms with Gasteiger partial charge in [0.15, 0.2) is 4.34 Å². The third-order valence-electron chi connectivity index (χ3n) is 4.53. The first kappa shape index (κ1) is 19.9. The minimum Gasteiger partial charge on any atom is -0.360 e. The number of carbonyl (C=O) groups is 1. The number of nitrogens with zero attached hydrogens (tertiary/aromatic N) is 4. The number of anilines is 2. The molecule has 0 bridgehead atoms. The summed E-state index contributed by atoms with van der Waals surface area (Å²) in [4.78, 5) is 12.5. The Hall–Kier alpha value is -2.39. The highest BCUT2D eigenvalue weighted by Gasteiger charge is 2.28. The van der Waals surface area contributed by atoms with Gasteiger partial charge in [-0.2, -0.15) is 5.10 Å². The fourth-order valence-electron chi connectivity index (χ4n) is 2.85. The fourth-order valence-corrected chi connectivity index (χ4v) is 4.43. The summed E-state index contributed by atoms with van der Waals surface area (Å²) in [5.74, 6) is 1.43. The number of aromatic nitrogens is 4. The third kappa shape index (κ3) is 5.36. The quantitative estimate of drug-likeness (QED) is 0.364. The molecule has 4 rings (SSSR count). The van der Waals surface area contributed by atoms with Crippen LogP contribution in [0.2, 0.25) is 0 Å². The zero-order valence-electron chi connectivity index (χ0n) is 16.3. The lowest BCUT2D eigenvalue weighted by Crippen LogP contribution is -2.16. The van der Waals surface area contributed by atoms with E-state index in [2.05, 4.69) is 27.8 Å². The molecule has 0 aliphatic heterocycles. The highest BCUT2D eigenvalue weighted by Crippen LogP contribution is 2.40. The minimum absolute atomic E-state index is 0.0786. The molecule has 0 radical (unpaired) electrons. The summed E-state index contributed by atoms with van der Waals surface area (Å²) in [6.07, 6.45) is 4.57. The monoisotopic (exact) mass is 428 g/mol. The number of nitrogens with one attached hydrogen (secondary N) is 2. The lowest BCUT2D eigenvalue weighted by Gasteiger charge is -2.08. The zero-order valence-corrected chi connectivity index (χ0v) is 17.9. The number of para-hydroxylation sites is 1. The maximum atomic E-state index is 12.5. The van der Waals surface area contributed by atoms with E-state index in [0.29, 0.717) is 11.7 Å². The predicted octanol–water partition coefficient (Wildman–Crippen LogP) is 4.54. The van der Waals surface area contributed by atoms with E-state index in [-0.39, 0.29) is 11.7 Å². The maximum absolute atomic E-state index is 12.5. The molecule has 0 atom stereocenters. The first-order valence-corrected chi connectivity index (χ1v) is 11.7. The van der Waals surface area contributed by atoms with Crippen molar-refractivity contribution < 1.29 is 4.79 Å². The molecule has 2 aromatic heterocycles. The predicted molar refractivity (Wildman–Crippen MR) is 118 cm³/mol. The SMILES string of the molecule is CCCCNc1nnc(SCC(=O)Nc2cc(C3CC3)nn2-c2ccccc2)s1. The van der Waals surface area contributed by atoms with Crippen LogP contribution in [-0.2, 0) is 4.79 Å². The molecular weight excluding hydrogens is 404 g/mol. The van der Waals surface area contributed by atoms with Crippen LogP contribution in [0.1, 0.15) is 44.2 Å². The van der Waals surface area contributed by atoms with Gasteiger partial charge in [0.05, 0.1) is 17.1 Å². The molecule has 1 aliphatic carbocycles. The molecule has 29 heavy (non-hydrogen) atoms. The Morgan fingerprint density at radius 3 is 2.86 bits per heavy atom. The summed E-state index contributed by atoms with van der Waals surface area (Å²) in [6, 6.07) is 11.9. The number of thioether (sulfide) groups is 1. The Kier molecular flexibility index (Phi) is 6.46. The van der Waals surface area contributed by atoms with Gasteiger partial charge >= 0.3 is 0 Å². The number of carbonyl (C=O) groups excluding carboxylic acids is 1. The first-order valence-electron chi connectivity index (χ1n) is 9.88. The summed E-state index contributed by atoms with van der Waals surface area (Å²) in [5.41, 5.74) is 1.98. The van der Waals surface area contributed by atoms with E-state index >= 15 is 0 Å². The van der Waals surface area contributed by atoms with E-state index in [1.807, 2.05) is 41.1 Å². The van der Waals surface area contributed by atoms with Gasteiger partial charge in [-0.3, -0.25) is 4.79 Å². The van der Waals surface area contributed by atoms with Crippen LogP contribution in [0.5, 0.6) is 0 Å². The molecule has 3 aromatic rings. The van der Waals surface area contributed by atoms with Gasteiger partial charge in [0.2, 0.25) is 11.0 Å². The average Bonchev–Trinajstić information content (AvgIpc) is 3.35. The Morgan fingerprint density at radius 1 is 1.28 bits per heavy atom. The topological polar surface area (TPSA) is 84.7 Å². The van der Waals surface area contributed by atoms with Crippen LogP contribution < -0.4 is 10.6 Å². The number of hydrogen-bond acceptors (Lipinski definition) is 7. The van der Waals surface area contributed by atoms with Crippen LogP contribution in [0, 0.1) is 0 Å².